The highest BCUT2D eigenvalue weighted by Crippen LogP contribution is 2.18. The zero-order chi connectivity index (χ0) is 12.6. The molecule has 1 aliphatic rings. The molecule has 0 saturated carbocycles. The van der Waals surface area contributed by atoms with Crippen LogP contribution in [0.3, 0.4) is 0 Å². The van der Waals surface area contributed by atoms with E-state index in [1.807, 2.05) is 18.2 Å². The highest BCUT2D eigenvalue weighted by atomic mass is 16.5. The summed E-state index contributed by atoms with van der Waals surface area (Å²) in [6.45, 7) is 7.86. The minimum atomic E-state index is 0.549. The summed E-state index contributed by atoms with van der Waals surface area (Å²) < 4.78 is 11.0. The second-order valence-corrected chi connectivity index (χ2v) is 4.57. The summed E-state index contributed by atoms with van der Waals surface area (Å²) in [6, 6.07) is 8.12. The first-order chi connectivity index (χ1) is 8.90. The number of hydrogen-bond acceptors (Lipinski definition) is 3. The quantitative estimate of drug-likeness (QED) is 0.750. The van der Waals surface area contributed by atoms with Crippen LogP contribution in [0.2, 0.25) is 0 Å². The Morgan fingerprint density at radius 1 is 1.44 bits per heavy atom. The lowest BCUT2D eigenvalue weighted by atomic mass is 10.1. The molecule has 1 fully saturated rings. The molecule has 0 aromatic heterocycles. The Bertz CT molecular complexity index is 373. The number of para-hydroxylation sites is 1. The van der Waals surface area contributed by atoms with E-state index in [0.29, 0.717) is 12.5 Å². The van der Waals surface area contributed by atoms with Crippen molar-refractivity contribution in [3.05, 3.63) is 42.5 Å². The fourth-order valence-corrected chi connectivity index (χ4v) is 2.09. The molecule has 3 heteroatoms. The van der Waals surface area contributed by atoms with Crippen molar-refractivity contribution in [3.63, 3.8) is 0 Å². The van der Waals surface area contributed by atoms with Crippen molar-refractivity contribution in [2.45, 2.75) is 13.0 Å². The van der Waals surface area contributed by atoms with E-state index in [-0.39, 0.29) is 0 Å². The Kier molecular flexibility index (Phi) is 5.24. The van der Waals surface area contributed by atoms with Crippen LogP contribution in [0.4, 0.5) is 0 Å². The van der Waals surface area contributed by atoms with Crippen molar-refractivity contribution in [1.82, 2.24) is 5.32 Å². The molecular formula is C15H21NO2. The second kappa shape index (κ2) is 7.19. The summed E-state index contributed by atoms with van der Waals surface area (Å²) in [4.78, 5) is 0. The Hall–Kier alpha value is -1.32. The van der Waals surface area contributed by atoms with Gasteiger partial charge in [-0.1, -0.05) is 30.9 Å². The van der Waals surface area contributed by atoms with E-state index < -0.39 is 0 Å². The van der Waals surface area contributed by atoms with Gasteiger partial charge in [-0.05, 0) is 18.4 Å². The first kappa shape index (κ1) is 13.1. The van der Waals surface area contributed by atoms with Gasteiger partial charge >= 0.3 is 0 Å². The zero-order valence-corrected chi connectivity index (χ0v) is 10.7. The minimum absolute atomic E-state index is 0.549. The summed E-state index contributed by atoms with van der Waals surface area (Å²) in [5.74, 6) is 1.60. The van der Waals surface area contributed by atoms with Gasteiger partial charge in [-0.15, -0.1) is 0 Å². The van der Waals surface area contributed by atoms with Crippen LogP contribution in [0.25, 0.3) is 0 Å². The fourth-order valence-electron chi connectivity index (χ4n) is 2.09. The Labute approximate surface area is 109 Å². The topological polar surface area (TPSA) is 30.5 Å². The van der Waals surface area contributed by atoms with Gasteiger partial charge in [0.15, 0.2) is 0 Å². The molecule has 1 heterocycles. The van der Waals surface area contributed by atoms with Gasteiger partial charge in [-0.25, -0.2) is 0 Å². The van der Waals surface area contributed by atoms with Gasteiger partial charge in [-0.3, -0.25) is 0 Å². The molecule has 0 amide bonds. The Morgan fingerprint density at radius 2 is 2.33 bits per heavy atom. The third kappa shape index (κ3) is 3.86. The van der Waals surface area contributed by atoms with Crippen LogP contribution < -0.4 is 10.1 Å². The molecule has 1 N–H and O–H groups in total. The third-order valence-corrected chi connectivity index (χ3v) is 3.10. The van der Waals surface area contributed by atoms with E-state index in [1.54, 1.807) is 6.08 Å². The first-order valence-corrected chi connectivity index (χ1v) is 6.50. The van der Waals surface area contributed by atoms with Crippen LogP contribution in [0.1, 0.15) is 12.0 Å². The molecule has 3 nitrogen and oxygen atoms in total. The highest BCUT2D eigenvalue weighted by Gasteiger charge is 2.14. The molecule has 0 aliphatic carbocycles. The van der Waals surface area contributed by atoms with E-state index in [4.69, 9.17) is 9.47 Å². The maximum absolute atomic E-state index is 5.63. The van der Waals surface area contributed by atoms with Crippen molar-refractivity contribution >= 4 is 0 Å². The van der Waals surface area contributed by atoms with Crippen molar-refractivity contribution < 1.29 is 9.47 Å². The van der Waals surface area contributed by atoms with Gasteiger partial charge in [0.25, 0.3) is 0 Å². The van der Waals surface area contributed by atoms with E-state index >= 15 is 0 Å². The average molecular weight is 247 g/mol. The summed E-state index contributed by atoms with van der Waals surface area (Å²) >= 11 is 0. The van der Waals surface area contributed by atoms with Crippen LogP contribution >= 0.6 is 0 Å². The van der Waals surface area contributed by atoms with Crippen LogP contribution in [0.15, 0.2) is 36.9 Å². The maximum atomic E-state index is 5.63. The lowest BCUT2D eigenvalue weighted by molar-refractivity contribution is 0.185. The Morgan fingerprint density at radius 3 is 3.11 bits per heavy atom. The molecular weight excluding hydrogens is 226 g/mol. The predicted molar refractivity (Wildman–Crippen MR) is 72.8 cm³/mol. The largest absolute Gasteiger partial charge is 0.489 e. The summed E-state index contributed by atoms with van der Waals surface area (Å²) in [5, 5.41) is 3.47. The monoisotopic (exact) mass is 247 g/mol. The summed E-state index contributed by atoms with van der Waals surface area (Å²) in [5.41, 5.74) is 1.19. The van der Waals surface area contributed by atoms with Crippen LogP contribution in [0.5, 0.6) is 5.75 Å². The van der Waals surface area contributed by atoms with Crippen LogP contribution in [-0.4, -0.2) is 26.4 Å². The molecule has 98 valence electrons. The molecule has 2 rings (SSSR count). The average Bonchev–Trinajstić information content (AvgIpc) is 2.91. The Balaban J connectivity index is 1.81. The number of nitrogens with one attached hydrogen (secondary N) is 1. The predicted octanol–water partition coefficient (Wildman–Crippen LogP) is 2.38. The first-order valence-electron chi connectivity index (χ1n) is 6.50. The van der Waals surface area contributed by atoms with E-state index in [2.05, 4.69) is 18.0 Å². The number of ether oxygens (including phenoxy) is 2. The van der Waals surface area contributed by atoms with E-state index in [0.717, 1.165) is 32.1 Å². The molecule has 1 unspecified atom stereocenters. The molecule has 1 aromatic carbocycles. The molecule has 1 aromatic rings. The van der Waals surface area contributed by atoms with Crippen LogP contribution in [0, 0.1) is 5.92 Å². The SMILES string of the molecule is C=CCOc1ccccc1CNCC1CCOC1. The van der Waals surface area contributed by atoms with Gasteiger partial charge in [-0.2, -0.15) is 0 Å². The molecule has 0 radical (unpaired) electrons. The van der Waals surface area contributed by atoms with Crippen molar-refractivity contribution in [1.29, 1.82) is 0 Å². The molecule has 1 aliphatic heterocycles. The van der Waals surface area contributed by atoms with Crippen molar-refractivity contribution in [3.8, 4) is 5.75 Å². The maximum Gasteiger partial charge on any atom is 0.124 e. The van der Waals surface area contributed by atoms with Gasteiger partial charge in [0, 0.05) is 25.3 Å². The van der Waals surface area contributed by atoms with E-state index in [1.165, 1.54) is 12.0 Å². The number of hydrogen-bond donors (Lipinski definition) is 1. The lowest BCUT2D eigenvalue weighted by Crippen LogP contribution is -2.22. The number of rotatable bonds is 7. The zero-order valence-electron chi connectivity index (χ0n) is 10.7. The number of benzene rings is 1. The molecule has 1 saturated heterocycles. The van der Waals surface area contributed by atoms with E-state index in [9.17, 15) is 0 Å². The van der Waals surface area contributed by atoms with Gasteiger partial charge in [0.05, 0.1) is 6.61 Å². The lowest BCUT2D eigenvalue weighted by Gasteiger charge is -2.12. The third-order valence-electron chi connectivity index (χ3n) is 3.10. The van der Waals surface area contributed by atoms with Crippen LogP contribution in [-0.2, 0) is 11.3 Å². The molecule has 0 bridgehead atoms. The van der Waals surface area contributed by atoms with Gasteiger partial charge in [0.1, 0.15) is 12.4 Å². The summed E-state index contributed by atoms with van der Waals surface area (Å²) in [7, 11) is 0. The smallest absolute Gasteiger partial charge is 0.124 e. The fraction of sp³-hybridized carbons (Fsp3) is 0.467. The van der Waals surface area contributed by atoms with Gasteiger partial charge in [0.2, 0.25) is 0 Å². The van der Waals surface area contributed by atoms with Gasteiger partial charge < -0.3 is 14.8 Å². The van der Waals surface area contributed by atoms with Crippen molar-refractivity contribution in [2.75, 3.05) is 26.4 Å². The standard InChI is InChI=1S/C15H21NO2/c1-2-8-18-15-6-4-3-5-14(15)11-16-10-13-7-9-17-12-13/h2-6,13,16H,1,7-12H2. The molecule has 18 heavy (non-hydrogen) atoms. The summed E-state index contributed by atoms with van der Waals surface area (Å²) in [6.07, 6.45) is 2.93. The second-order valence-electron chi connectivity index (χ2n) is 4.57. The molecule has 0 spiro atoms. The minimum Gasteiger partial charge on any atom is -0.489 e. The molecule has 1 atom stereocenters. The van der Waals surface area contributed by atoms with Crippen molar-refractivity contribution in [2.24, 2.45) is 5.92 Å². The normalized spacial score (nSPS) is 18.8. The highest BCUT2D eigenvalue weighted by molar-refractivity contribution is 5.33.